The van der Waals surface area contributed by atoms with E-state index in [1.807, 2.05) is 0 Å². The van der Waals surface area contributed by atoms with Crippen molar-refractivity contribution in [3.05, 3.63) is 67.8 Å². The van der Waals surface area contributed by atoms with Gasteiger partial charge < -0.3 is 9.47 Å². The van der Waals surface area contributed by atoms with Crippen LogP contribution in [0.3, 0.4) is 0 Å². The molecule has 0 saturated heterocycles. The molecule has 0 atom stereocenters. The summed E-state index contributed by atoms with van der Waals surface area (Å²) in [7, 11) is 2.25. The molecule has 0 radical (unpaired) electrons. The Morgan fingerprint density at radius 1 is 0.769 bits per heavy atom. The zero-order valence-corrected chi connectivity index (χ0v) is 13.6. The number of hydrogen-bond donors (Lipinski definition) is 0. The van der Waals surface area contributed by atoms with Gasteiger partial charge in [-0.05, 0) is 24.3 Å². The van der Waals surface area contributed by atoms with Crippen LogP contribution in [0, 0.1) is 20.2 Å². The number of ether oxygens (including phenoxy) is 2. The molecule has 0 fully saturated rings. The highest BCUT2D eigenvalue weighted by molar-refractivity contribution is 5.94. The van der Waals surface area contributed by atoms with Gasteiger partial charge in [0.05, 0.1) is 46.3 Å². The van der Waals surface area contributed by atoms with Gasteiger partial charge in [-0.25, -0.2) is 9.59 Å². The molecular formula is C16H12N2O8. The van der Waals surface area contributed by atoms with Crippen LogP contribution in [0.25, 0.3) is 11.1 Å². The summed E-state index contributed by atoms with van der Waals surface area (Å²) in [5.41, 5.74) is -1.33. The Morgan fingerprint density at radius 2 is 1.12 bits per heavy atom. The average Bonchev–Trinajstić information content (AvgIpc) is 2.65. The van der Waals surface area contributed by atoms with E-state index < -0.39 is 33.2 Å². The molecule has 10 nitrogen and oxygen atoms in total. The molecule has 2 aromatic carbocycles. The third kappa shape index (κ3) is 3.48. The summed E-state index contributed by atoms with van der Waals surface area (Å²) in [5.74, 6) is -1.56. The zero-order valence-electron chi connectivity index (χ0n) is 13.6. The van der Waals surface area contributed by atoms with Crippen LogP contribution in [-0.2, 0) is 9.47 Å². The van der Waals surface area contributed by atoms with Gasteiger partial charge in [0.15, 0.2) is 0 Å². The van der Waals surface area contributed by atoms with Crippen LogP contribution in [0.5, 0.6) is 0 Å². The minimum absolute atomic E-state index is 0.0724. The molecule has 0 saturated carbocycles. The number of carbonyl (C=O) groups is 2. The van der Waals surface area contributed by atoms with Gasteiger partial charge in [-0.15, -0.1) is 0 Å². The summed E-state index contributed by atoms with van der Waals surface area (Å²) in [6.07, 6.45) is 0. The molecule has 0 bridgehead atoms. The van der Waals surface area contributed by atoms with Crippen molar-refractivity contribution >= 4 is 23.3 Å². The lowest BCUT2D eigenvalue weighted by Gasteiger charge is -2.07. The fourth-order valence-electron chi connectivity index (χ4n) is 2.31. The lowest BCUT2D eigenvalue weighted by Crippen LogP contribution is -2.05. The maximum Gasteiger partial charge on any atom is 0.338 e. The fourth-order valence-corrected chi connectivity index (χ4v) is 2.31. The first-order valence-electron chi connectivity index (χ1n) is 7.04. The predicted octanol–water partition coefficient (Wildman–Crippen LogP) is 2.74. The van der Waals surface area contributed by atoms with Crippen LogP contribution >= 0.6 is 0 Å². The summed E-state index contributed by atoms with van der Waals surface area (Å²) in [5, 5.41) is 22.7. The number of benzene rings is 2. The van der Waals surface area contributed by atoms with Crippen LogP contribution in [0.4, 0.5) is 11.4 Å². The minimum atomic E-state index is -0.782. The number of nitro benzene ring substituents is 2. The van der Waals surface area contributed by atoms with E-state index in [1.165, 1.54) is 24.3 Å². The third-order valence-electron chi connectivity index (χ3n) is 3.52. The van der Waals surface area contributed by atoms with Gasteiger partial charge in [0.2, 0.25) is 0 Å². The van der Waals surface area contributed by atoms with E-state index in [0.717, 1.165) is 26.4 Å². The molecule has 0 aliphatic rings. The number of rotatable bonds is 5. The van der Waals surface area contributed by atoms with Gasteiger partial charge in [-0.2, -0.15) is 0 Å². The first kappa shape index (κ1) is 18.5. The Balaban J connectivity index is 2.71. The molecular weight excluding hydrogens is 348 g/mol. The summed E-state index contributed by atoms with van der Waals surface area (Å²) >= 11 is 0. The topological polar surface area (TPSA) is 139 Å². The van der Waals surface area contributed by atoms with E-state index in [1.54, 1.807) is 0 Å². The SMILES string of the molecule is COC(=O)c1ccc(-c2ccc(C(=O)OC)cc2[N+](=O)[O-])c([N+](=O)[O-])c1. The fraction of sp³-hybridized carbons (Fsp3) is 0.125. The number of methoxy groups -OCH3 is 2. The van der Waals surface area contributed by atoms with Crippen molar-refractivity contribution in [2.75, 3.05) is 14.2 Å². The first-order chi connectivity index (χ1) is 12.3. The molecule has 0 aliphatic carbocycles. The zero-order chi connectivity index (χ0) is 19.4. The Hall–Kier alpha value is -3.82. The summed E-state index contributed by atoms with van der Waals surface area (Å²) in [6.45, 7) is 0. The second-order valence-electron chi connectivity index (χ2n) is 4.96. The maximum absolute atomic E-state index is 11.6. The third-order valence-corrected chi connectivity index (χ3v) is 3.52. The maximum atomic E-state index is 11.6. The highest BCUT2D eigenvalue weighted by Gasteiger charge is 2.26. The second-order valence-corrected chi connectivity index (χ2v) is 4.96. The quantitative estimate of drug-likeness (QED) is 0.450. The van der Waals surface area contributed by atoms with Gasteiger partial charge in [-0.3, -0.25) is 20.2 Å². The van der Waals surface area contributed by atoms with E-state index in [-0.39, 0.29) is 22.3 Å². The van der Waals surface area contributed by atoms with E-state index in [4.69, 9.17) is 0 Å². The monoisotopic (exact) mass is 360 g/mol. The van der Waals surface area contributed by atoms with Crippen LogP contribution in [0.15, 0.2) is 36.4 Å². The van der Waals surface area contributed by atoms with E-state index in [2.05, 4.69) is 9.47 Å². The second kappa shape index (κ2) is 7.38. The van der Waals surface area contributed by atoms with Crippen LogP contribution in [-0.4, -0.2) is 36.0 Å². The van der Waals surface area contributed by atoms with Gasteiger partial charge in [0, 0.05) is 12.1 Å². The number of hydrogen-bond acceptors (Lipinski definition) is 8. The summed E-state index contributed by atoms with van der Waals surface area (Å²) in [6, 6.07) is 6.88. The molecule has 0 heterocycles. The van der Waals surface area contributed by atoms with Crippen molar-refractivity contribution in [3.8, 4) is 11.1 Å². The summed E-state index contributed by atoms with van der Waals surface area (Å²) < 4.78 is 9.02. The van der Waals surface area contributed by atoms with Crippen molar-refractivity contribution in [2.45, 2.75) is 0 Å². The highest BCUT2D eigenvalue weighted by Crippen LogP contribution is 2.37. The number of nitro groups is 2. The smallest absolute Gasteiger partial charge is 0.338 e. The molecule has 0 aromatic heterocycles. The molecule has 2 rings (SSSR count). The molecule has 26 heavy (non-hydrogen) atoms. The molecule has 0 unspecified atom stereocenters. The van der Waals surface area contributed by atoms with Gasteiger partial charge >= 0.3 is 11.9 Å². The molecule has 0 N–H and O–H groups in total. The molecule has 134 valence electrons. The lowest BCUT2D eigenvalue weighted by atomic mass is 9.98. The van der Waals surface area contributed by atoms with E-state index >= 15 is 0 Å². The van der Waals surface area contributed by atoms with Gasteiger partial charge in [-0.1, -0.05) is 0 Å². The Morgan fingerprint density at radius 3 is 1.38 bits per heavy atom. The molecule has 0 spiro atoms. The van der Waals surface area contributed by atoms with Crippen molar-refractivity contribution in [2.24, 2.45) is 0 Å². The van der Waals surface area contributed by atoms with E-state index in [0.29, 0.717) is 0 Å². The number of nitrogens with zero attached hydrogens (tertiary/aromatic N) is 2. The first-order valence-corrected chi connectivity index (χ1v) is 7.04. The number of carbonyl (C=O) groups excluding carboxylic acids is 2. The molecule has 0 amide bonds. The van der Waals surface area contributed by atoms with Gasteiger partial charge in [0.1, 0.15) is 0 Å². The average molecular weight is 360 g/mol. The number of esters is 2. The highest BCUT2D eigenvalue weighted by atomic mass is 16.6. The van der Waals surface area contributed by atoms with E-state index in [9.17, 15) is 29.8 Å². The van der Waals surface area contributed by atoms with Crippen LogP contribution in [0.1, 0.15) is 20.7 Å². The Labute approximate surface area is 146 Å². The Bertz CT molecular complexity index is 847. The van der Waals surface area contributed by atoms with Crippen molar-refractivity contribution < 1.29 is 28.9 Å². The minimum Gasteiger partial charge on any atom is -0.465 e. The van der Waals surface area contributed by atoms with Crippen LogP contribution in [0.2, 0.25) is 0 Å². The molecule has 2 aromatic rings. The lowest BCUT2D eigenvalue weighted by molar-refractivity contribution is -0.386. The van der Waals surface area contributed by atoms with Crippen molar-refractivity contribution in [1.82, 2.24) is 0 Å². The molecule has 0 aliphatic heterocycles. The standard InChI is InChI=1S/C16H12N2O8/c1-25-15(19)9-3-5-11(13(7-9)17(21)22)12-6-4-10(16(20)26-2)8-14(12)18(23)24/h3-8H,1-2H3. The van der Waals surface area contributed by atoms with Gasteiger partial charge in [0.25, 0.3) is 11.4 Å². The van der Waals surface area contributed by atoms with Crippen molar-refractivity contribution in [1.29, 1.82) is 0 Å². The summed E-state index contributed by atoms with van der Waals surface area (Å²) in [4.78, 5) is 44.3. The van der Waals surface area contributed by atoms with Crippen LogP contribution < -0.4 is 0 Å². The largest absolute Gasteiger partial charge is 0.465 e. The van der Waals surface area contributed by atoms with Crippen molar-refractivity contribution in [3.63, 3.8) is 0 Å². The Kier molecular flexibility index (Phi) is 5.26. The molecule has 10 heteroatoms. The normalized spacial score (nSPS) is 10.1. The predicted molar refractivity (Wildman–Crippen MR) is 87.9 cm³/mol.